The molecule has 0 saturated carbocycles. The molecule has 9 nitrogen and oxygen atoms in total. The van der Waals surface area contributed by atoms with Gasteiger partial charge in [-0.2, -0.15) is 14.1 Å². The molecule has 1 aromatic heterocycles. The molecule has 1 amide bonds. The maximum absolute atomic E-state index is 13.0. The second-order valence-electron chi connectivity index (χ2n) is 7.47. The van der Waals surface area contributed by atoms with E-state index >= 15 is 0 Å². The maximum Gasteiger partial charge on any atom is 0.274 e. The van der Waals surface area contributed by atoms with Crippen LogP contribution in [0.2, 0.25) is 0 Å². The van der Waals surface area contributed by atoms with E-state index in [1.54, 1.807) is 37.3 Å². The number of aromatic nitrogens is 2. The van der Waals surface area contributed by atoms with Crippen molar-refractivity contribution in [1.29, 1.82) is 0 Å². The molecule has 0 atom stereocenters. The number of aromatic hydroxyl groups is 1. The average molecular weight is 455 g/mol. The Kier molecular flexibility index (Phi) is 5.81. The highest BCUT2D eigenvalue weighted by molar-refractivity contribution is 7.89. The number of para-hydroxylation sites is 1. The molecule has 2 heterocycles. The number of rotatable bonds is 4. The third-order valence-corrected chi connectivity index (χ3v) is 7.21. The van der Waals surface area contributed by atoms with Crippen LogP contribution >= 0.6 is 0 Å². The summed E-state index contributed by atoms with van der Waals surface area (Å²) in [7, 11) is -3.89. The molecule has 166 valence electrons. The molecular formula is C22H22N4O5S. The Labute approximate surface area is 185 Å². The van der Waals surface area contributed by atoms with E-state index in [-0.39, 0.29) is 54.0 Å². The zero-order valence-corrected chi connectivity index (χ0v) is 18.2. The van der Waals surface area contributed by atoms with Gasteiger partial charge >= 0.3 is 0 Å². The van der Waals surface area contributed by atoms with Crippen LogP contribution < -0.4 is 5.56 Å². The molecule has 1 saturated heterocycles. The summed E-state index contributed by atoms with van der Waals surface area (Å²) >= 11 is 0. The number of piperazine rings is 1. The minimum atomic E-state index is -3.89. The van der Waals surface area contributed by atoms with E-state index in [2.05, 4.69) is 5.10 Å². The molecule has 32 heavy (non-hydrogen) atoms. The topological polar surface area (TPSA) is 113 Å². The molecule has 1 aliphatic heterocycles. The fraction of sp³-hybridized carbons (Fsp3) is 0.227. The van der Waals surface area contributed by atoms with Crippen LogP contribution in [0.15, 0.2) is 70.4 Å². The number of phenols is 1. The van der Waals surface area contributed by atoms with Gasteiger partial charge in [0.15, 0.2) is 0 Å². The van der Waals surface area contributed by atoms with Crippen molar-refractivity contribution in [3.63, 3.8) is 0 Å². The number of benzene rings is 2. The van der Waals surface area contributed by atoms with Crippen LogP contribution in [0.3, 0.4) is 0 Å². The molecule has 0 radical (unpaired) electrons. The Bertz CT molecular complexity index is 1310. The third-order valence-electron chi connectivity index (χ3n) is 5.28. The van der Waals surface area contributed by atoms with Crippen molar-refractivity contribution in [3.05, 3.63) is 82.3 Å². The molecule has 0 aliphatic carbocycles. The van der Waals surface area contributed by atoms with Gasteiger partial charge in [0.25, 0.3) is 11.5 Å². The number of phenolic OH excluding ortho intramolecular Hbond substituents is 1. The van der Waals surface area contributed by atoms with Gasteiger partial charge in [0.05, 0.1) is 5.69 Å². The Morgan fingerprint density at radius 2 is 1.66 bits per heavy atom. The van der Waals surface area contributed by atoms with E-state index < -0.39 is 10.0 Å². The number of sulfonamides is 1. The summed E-state index contributed by atoms with van der Waals surface area (Å²) in [4.78, 5) is 26.5. The summed E-state index contributed by atoms with van der Waals surface area (Å²) < 4.78 is 28.3. The van der Waals surface area contributed by atoms with Crippen LogP contribution in [-0.4, -0.2) is 64.6 Å². The molecule has 2 aromatic carbocycles. The monoisotopic (exact) mass is 454 g/mol. The largest absolute Gasteiger partial charge is 0.507 e. The first-order chi connectivity index (χ1) is 15.3. The molecule has 1 N–H and O–H groups in total. The van der Waals surface area contributed by atoms with Gasteiger partial charge in [-0.25, -0.2) is 8.42 Å². The standard InChI is InChI=1S/C22H22N4O5S/c1-16-7-9-19(27)20(15-16)32(30,31)25-13-11-24(12-14-25)22(29)18-8-10-21(28)26(23-18)17-5-3-2-4-6-17/h2-10,15,27H,11-14H2,1H3. The van der Waals surface area contributed by atoms with Crippen LogP contribution in [0, 0.1) is 6.92 Å². The zero-order valence-electron chi connectivity index (χ0n) is 17.4. The molecule has 0 spiro atoms. The van der Waals surface area contributed by atoms with Gasteiger partial charge < -0.3 is 10.0 Å². The number of nitrogens with zero attached hydrogens (tertiary/aromatic N) is 4. The molecule has 0 bridgehead atoms. The summed E-state index contributed by atoms with van der Waals surface area (Å²) in [5.74, 6) is -0.688. The highest BCUT2D eigenvalue weighted by atomic mass is 32.2. The maximum atomic E-state index is 13.0. The summed E-state index contributed by atoms with van der Waals surface area (Å²) in [6, 6.07) is 15.9. The van der Waals surface area contributed by atoms with Gasteiger partial charge in [-0.1, -0.05) is 24.3 Å². The Hall–Kier alpha value is -3.50. The van der Waals surface area contributed by atoms with Gasteiger partial charge in [0, 0.05) is 32.2 Å². The lowest BCUT2D eigenvalue weighted by molar-refractivity contribution is 0.0689. The number of amides is 1. The quantitative estimate of drug-likeness (QED) is 0.638. The van der Waals surface area contributed by atoms with Crippen LogP contribution in [0.25, 0.3) is 5.69 Å². The second kappa shape index (κ2) is 8.56. The molecule has 10 heteroatoms. The van der Waals surface area contributed by atoms with E-state index in [9.17, 15) is 23.1 Å². The Morgan fingerprint density at radius 1 is 0.969 bits per heavy atom. The molecule has 0 unspecified atom stereocenters. The average Bonchev–Trinajstić information content (AvgIpc) is 2.81. The van der Waals surface area contributed by atoms with Crippen molar-refractivity contribution in [1.82, 2.24) is 19.0 Å². The molecule has 4 rings (SSSR count). The van der Waals surface area contributed by atoms with E-state index in [1.165, 1.54) is 33.5 Å². The van der Waals surface area contributed by atoms with Gasteiger partial charge in [0.1, 0.15) is 16.3 Å². The Balaban J connectivity index is 1.51. The normalized spacial score (nSPS) is 15.0. The predicted molar refractivity (Wildman–Crippen MR) is 117 cm³/mol. The van der Waals surface area contributed by atoms with Crippen molar-refractivity contribution in [2.75, 3.05) is 26.2 Å². The van der Waals surface area contributed by atoms with Crippen LogP contribution in [0.1, 0.15) is 16.1 Å². The fourth-order valence-corrected chi connectivity index (χ4v) is 5.13. The van der Waals surface area contributed by atoms with Crippen molar-refractivity contribution < 1.29 is 18.3 Å². The van der Waals surface area contributed by atoms with Crippen LogP contribution in [0.5, 0.6) is 5.75 Å². The lowest BCUT2D eigenvalue weighted by Gasteiger charge is -2.34. The van der Waals surface area contributed by atoms with Crippen LogP contribution in [0.4, 0.5) is 0 Å². The van der Waals surface area contributed by atoms with Crippen molar-refractivity contribution in [2.45, 2.75) is 11.8 Å². The predicted octanol–water partition coefficient (Wildman–Crippen LogP) is 1.39. The SMILES string of the molecule is Cc1ccc(O)c(S(=O)(=O)N2CCN(C(=O)c3ccc(=O)n(-c4ccccc4)n3)CC2)c1. The minimum absolute atomic E-state index is 0.0831. The van der Waals surface area contributed by atoms with Crippen molar-refractivity contribution in [3.8, 4) is 11.4 Å². The van der Waals surface area contributed by atoms with E-state index in [4.69, 9.17) is 0 Å². The minimum Gasteiger partial charge on any atom is -0.507 e. The summed E-state index contributed by atoms with van der Waals surface area (Å²) in [5.41, 5.74) is 0.999. The van der Waals surface area contributed by atoms with Crippen molar-refractivity contribution >= 4 is 15.9 Å². The van der Waals surface area contributed by atoms with Gasteiger partial charge in [0.2, 0.25) is 10.0 Å². The smallest absolute Gasteiger partial charge is 0.274 e. The van der Waals surface area contributed by atoms with E-state index in [0.29, 0.717) is 5.69 Å². The summed E-state index contributed by atoms with van der Waals surface area (Å²) in [6.45, 7) is 2.24. The summed E-state index contributed by atoms with van der Waals surface area (Å²) in [5, 5.41) is 14.2. The lowest BCUT2D eigenvalue weighted by Crippen LogP contribution is -2.50. The Morgan fingerprint density at radius 3 is 2.34 bits per heavy atom. The first-order valence-corrected chi connectivity index (χ1v) is 11.5. The highest BCUT2D eigenvalue weighted by Crippen LogP contribution is 2.27. The number of carbonyl (C=O) groups excluding carboxylic acids is 1. The van der Waals surface area contributed by atoms with Gasteiger partial charge in [-0.05, 0) is 42.8 Å². The molecular weight excluding hydrogens is 432 g/mol. The van der Waals surface area contributed by atoms with E-state index in [0.717, 1.165) is 10.2 Å². The second-order valence-corrected chi connectivity index (χ2v) is 9.38. The fourth-order valence-electron chi connectivity index (χ4n) is 3.54. The number of carbonyl (C=O) groups is 1. The molecule has 1 aliphatic rings. The van der Waals surface area contributed by atoms with Crippen LogP contribution in [-0.2, 0) is 10.0 Å². The number of aryl methyl sites for hydroxylation is 1. The van der Waals surface area contributed by atoms with Gasteiger partial charge in [-0.3, -0.25) is 9.59 Å². The first kappa shape index (κ1) is 21.7. The third kappa shape index (κ3) is 4.14. The van der Waals surface area contributed by atoms with Gasteiger partial charge in [-0.15, -0.1) is 0 Å². The highest BCUT2D eigenvalue weighted by Gasteiger charge is 2.32. The summed E-state index contributed by atoms with van der Waals surface area (Å²) in [6.07, 6.45) is 0. The zero-order chi connectivity index (χ0) is 22.9. The number of hydrogen-bond donors (Lipinski definition) is 1. The number of hydrogen-bond acceptors (Lipinski definition) is 6. The first-order valence-electron chi connectivity index (χ1n) is 10.0. The molecule has 3 aromatic rings. The lowest BCUT2D eigenvalue weighted by atomic mass is 10.2. The van der Waals surface area contributed by atoms with Crippen molar-refractivity contribution in [2.24, 2.45) is 0 Å². The molecule has 1 fully saturated rings. The van der Waals surface area contributed by atoms with E-state index in [1.807, 2.05) is 6.07 Å².